The fourth-order valence-corrected chi connectivity index (χ4v) is 0.820. The standard InChI is InChI=1S/C8H15NO5S/c1-2-7(13)14-8(5(11)3-10)9-6(12)4-15/h5,8,10-11,15H,2-4H2,1H3,(H,9,12). The lowest BCUT2D eigenvalue weighted by Gasteiger charge is -2.22. The summed E-state index contributed by atoms with van der Waals surface area (Å²) >= 11 is 3.70. The summed E-state index contributed by atoms with van der Waals surface area (Å²) in [4.78, 5) is 21.9. The Kier molecular flexibility index (Phi) is 7.10. The number of aliphatic hydroxyl groups is 2. The second-order valence-electron chi connectivity index (χ2n) is 2.74. The van der Waals surface area contributed by atoms with Crippen LogP contribution in [0.1, 0.15) is 13.3 Å². The fraction of sp³-hybridized carbons (Fsp3) is 0.750. The molecular formula is C8H15NO5S. The van der Waals surface area contributed by atoms with E-state index >= 15 is 0 Å². The maximum absolute atomic E-state index is 10.9. The molecule has 7 heteroatoms. The molecule has 2 atom stereocenters. The van der Waals surface area contributed by atoms with Crippen molar-refractivity contribution >= 4 is 24.5 Å². The highest BCUT2D eigenvalue weighted by atomic mass is 32.1. The quantitative estimate of drug-likeness (QED) is 0.261. The van der Waals surface area contributed by atoms with Gasteiger partial charge in [-0.15, -0.1) is 0 Å². The Balaban J connectivity index is 4.30. The van der Waals surface area contributed by atoms with Gasteiger partial charge in [-0.05, 0) is 0 Å². The van der Waals surface area contributed by atoms with Crippen molar-refractivity contribution in [1.82, 2.24) is 5.32 Å². The molecule has 15 heavy (non-hydrogen) atoms. The molecule has 0 heterocycles. The molecule has 6 nitrogen and oxygen atoms in total. The molecule has 0 aromatic rings. The van der Waals surface area contributed by atoms with Crippen LogP contribution in [0.4, 0.5) is 0 Å². The van der Waals surface area contributed by atoms with Gasteiger partial charge in [0.1, 0.15) is 6.10 Å². The summed E-state index contributed by atoms with van der Waals surface area (Å²) in [6.07, 6.45) is -2.46. The number of esters is 1. The first-order valence-electron chi connectivity index (χ1n) is 4.43. The highest BCUT2D eigenvalue weighted by Gasteiger charge is 2.23. The zero-order chi connectivity index (χ0) is 11.8. The van der Waals surface area contributed by atoms with Gasteiger partial charge in [-0.25, -0.2) is 0 Å². The first kappa shape index (κ1) is 14.2. The van der Waals surface area contributed by atoms with Gasteiger partial charge in [-0.1, -0.05) is 6.92 Å². The first-order chi connectivity index (χ1) is 7.04. The lowest BCUT2D eigenvalue weighted by Crippen LogP contribution is -2.48. The van der Waals surface area contributed by atoms with Gasteiger partial charge >= 0.3 is 5.97 Å². The third-order valence-corrected chi connectivity index (χ3v) is 1.82. The van der Waals surface area contributed by atoms with Crippen molar-refractivity contribution in [3.05, 3.63) is 0 Å². The molecular weight excluding hydrogens is 222 g/mol. The molecule has 2 unspecified atom stereocenters. The van der Waals surface area contributed by atoms with Gasteiger partial charge in [-0.2, -0.15) is 12.6 Å². The molecule has 0 aromatic carbocycles. The molecule has 0 aliphatic carbocycles. The lowest BCUT2D eigenvalue weighted by molar-refractivity contribution is -0.160. The molecule has 0 fully saturated rings. The van der Waals surface area contributed by atoms with Crippen LogP contribution in [0.25, 0.3) is 0 Å². The van der Waals surface area contributed by atoms with Crippen molar-refractivity contribution in [1.29, 1.82) is 0 Å². The molecule has 0 rings (SSSR count). The number of amides is 1. The van der Waals surface area contributed by atoms with Crippen molar-refractivity contribution in [2.45, 2.75) is 25.7 Å². The smallest absolute Gasteiger partial charge is 0.307 e. The summed E-state index contributed by atoms with van der Waals surface area (Å²) in [5.74, 6) is -1.18. The molecule has 88 valence electrons. The zero-order valence-electron chi connectivity index (χ0n) is 8.34. The predicted molar refractivity (Wildman–Crippen MR) is 55.3 cm³/mol. The van der Waals surface area contributed by atoms with Gasteiger partial charge < -0.3 is 20.3 Å². The Morgan fingerprint density at radius 3 is 2.53 bits per heavy atom. The van der Waals surface area contributed by atoms with Crippen molar-refractivity contribution in [3.63, 3.8) is 0 Å². The molecule has 0 spiro atoms. The SMILES string of the molecule is CCC(=O)OC(NC(=O)CS)C(O)CO. The number of hydrogen-bond donors (Lipinski definition) is 4. The number of rotatable bonds is 6. The van der Waals surface area contributed by atoms with Crippen molar-refractivity contribution in [2.75, 3.05) is 12.4 Å². The number of hydrogen-bond acceptors (Lipinski definition) is 6. The Hall–Kier alpha value is -0.790. The van der Waals surface area contributed by atoms with E-state index in [2.05, 4.69) is 17.9 Å². The van der Waals surface area contributed by atoms with E-state index in [-0.39, 0.29) is 12.2 Å². The molecule has 0 saturated carbocycles. The second-order valence-corrected chi connectivity index (χ2v) is 3.06. The third-order valence-electron chi connectivity index (χ3n) is 1.53. The maximum atomic E-state index is 10.9. The average Bonchev–Trinajstić information content (AvgIpc) is 2.26. The van der Waals surface area contributed by atoms with E-state index in [9.17, 15) is 14.7 Å². The molecule has 0 aromatic heterocycles. The highest BCUT2D eigenvalue weighted by molar-refractivity contribution is 7.81. The summed E-state index contributed by atoms with van der Waals surface area (Å²) in [5.41, 5.74) is 0. The van der Waals surface area contributed by atoms with Gasteiger partial charge in [0.25, 0.3) is 0 Å². The molecule has 0 aliphatic heterocycles. The molecule has 0 bridgehead atoms. The van der Waals surface area contributed by atoms with E-state index in [1.165, 1.54) is 0 Å². The number of aliphatic hydroxyl groups excluding tert-OH is 2. The van der Waals surface area contributed by atoms with Crippen LogP contribution < -0.4 is 5.32 Å². The molecule has 0 aliphatic rings. The van der Waals surface area contributed by atoms with Crippen LogP contribution >= 0.6 is 12.6 Å². The number of carbonyl (C=O) groups excluding carboxylic acids is 2. The summed E-state index contributed by atoms with van der Waals surface area (Å²) < 4.78 is 4.71. The van der Waals surface area contributed by atoms with Crippen LogP contribution in [-0.4, -0.2) is 46.8 Å². The van der Waals surface area contributed by atoms with E-state index in [0.29, 0.717) is 0 Å². The van der Waals surface area contributed by atoms with Gasteiger partial charge in [0.2, 0.25) is 12.1 Å². The van der Waals surface area contributed by atoms with Crippen molar-refractivity contribution in [2.24, 2.45) is 0 Å². The van der Waals surface area contributed by atoms with Crippen LogP contribution in [0.2, 0.25) is 0 Å². The average molecular weight is 237 g/mol. The van der Waals surface area contributed by atoms with Crippen LogP contribution in [-0.2, 0) is 14.3 Å². The molecule has 3 N–H and O–H groups in total. The van der Waals surface area contributed by atoms with Gasteiger partial charge in [0, 0.05) is 6.42 Å². The summed E-state index contributed by atoms with van der Waals surface area (Å²) in [5, 5.41) is 20.1. The van der Waals surface area contributed by atoms with Crippen LogP contribution in [0.5, 0.6) is 0 Å². The number of ether oxygens (including phenoxy) is 1. The summed E-state index contributed by atoms with van der Waals surface area (Å²) in [6, 6.07) is 0. The maximum Gasteiger partial charge on any atom is 0.307 e. The zero-order valence-corrected chi connectivity index (χ0v) is 9.24. The lowest BCUT2D eigenvalue weighted by atomic mass is 10.3. The van der Waals surface area contributed by atoms with Crippen LogP contribution in [0.15, 0.2) is 0 Å². The number of carbonyl (C=O) groups is 2. The Bertz CT molecular complexity index is 205. The predicted octanol–water partition coefficient (Wildman–Crippen LogP) is -1.34. The van der Waals surface area contributed by atoms with E-state index in [4.69, 9.17) is 9.84 Å². The largest absolute Gasteiger partial charge is 0.439 e. The van der Waals surface area contributed by atoms with E-state index in [1.54, 1.807) is 6.92 Å². The normalized spacial score (nSPS) is 14.1. The number of nitrogens with one attached hydrogen (secondary N) is 1. The monoisotopic (exact) mass is 237 g/mol. The molecule has 1 amide bonds. The van der Waals surface area contributed by atoms with Gasteiger partial charge in [0.05, 0.1) is 12.4 Å². The van der Waals surface area contributed by atoms with Gasteiger partial charge in [0.15, 0.2) is 0 Å². The Morgan fingerprint density at radius 2 is 2.13 bits per heavy atom. The minimum Gasteiger partial charge on any atom is -0.439 e. The minimum absolute atomic E-state index is 0.0989. The summed E-state index contributed by atoms with van der Waals surface area (Å²) in [6.45, 7) is 0.958. The van der Waals surface area contributed by atoms with Gasteiger partial charge in [-0.3, -0.25) is 9.59 Å². The third kappa shape index (κ3) is 5.60. The summed E-state index contributed by atoms with van der Waals surface area (Å²) in [7, 11) is 0. The Labute approximate surface area is 93.0 Å². The van der Waals surface area contributed by atoms with E-state index in [0.717, 1.165) is 0 Å². The van der Waals surface area contributed by atoms with E-state index in [1.807, 2.05) is 0 Å². The van der Waals surface area contributed by atoms with E-state index < -0.39 is 30.8 Å². The molecule has 0 saturated heterocycles. The van der Waals surface area contributed by atoms with Crippen LogP contribution in [0, 0.1) is 0 Å². The van der Waals surface area contributed by atoms with Crippen LogP contribution in [0.3, 0.4) is 0 Å². The molecule has 0 radical (unpaired) electrons. The van der Waals surface area contributed by atoms with Crippen molar-refractivity contribution < 1.29 is 24.5 Å². The topological polar surface area (TPSA) is 95.9 Å². The number of thiol groups is 1. The fourth-order valence-electron chi connectivity index (χ4n) is 0.729. The Morgan fingerprint density at radius 1 is 1.53 bits per heavy atom. The van der Waals surface area contributed by atoms with Crippen molar-refractivity contribution in [3.8, 4) is 0 Å². The minimum atomic E-state index is -1.34. The second kappa shape index (κ2) is 7.49. The highest BCUT2D eigenvalue weighted by Crippen LogP contribution is 1.99. The first-order valence-corrected chi connectivity index (χ1v) is 5.07.